The Balaban J connectivity index is 2.20. The number of rotatable bonds is 7. The van der Waals surface area contributed by atoms with Gasteiger partial charge in [-0.2, -0.15) is 13.2 Å². The number of amides is 1. The predicted molar refractivity (Wildman–Crippen MR) is 114 cm³/mol. The molecule has 180 valence electrons. The zero-order valence-electron chi connectivity index (χ0n) is 18.1. The van der Waals surface area contributed by atoms with Crippen molar-refractivity contribution in [3.8, 4) is 0 Å². The van der Waals surface area contributed by atoms with Crippen molar-refractivity contribution in [1.82, 2.24) is 10.3 Å². The van der Waals surface area contributed by atoms with E-state index in [2.05, 4.69) is 10.3 Å². The Kier molecular flexibility index (Phi) is 8.30. The van der Waals surface area contributed by atoms with E-state index in [1.54, 1.807) is 13.8 Å². The van der Waals surface area contributed by atoms with Gasteiger partial charge in [0.25, 0.3) is 11.3 Å². The molecule has 0 spiro atoms. The van der Waals surface area contributed by atoms with E-state index in [0.717, 1.165) is 31.3 Å². The van der Waals surface area contributed by atoms with E-state index in [0.29, 0.717) is 9.87 Å². The van der Waals surface area contributed by atoms with Crippen molar-refractivity contribution < 1.29 is 35.5 Å². The molecule has 12 heteroatoms. The summed E-state index contributed by atoms with van der Waals surface area (Å²) in [5, 5.41) is 2.49. The van der Waals surface area contributed by atoms with E-state index in [1.807, 2.05) is 0 Å². The minimum Gasteiger partial charge on any atom is -0.346 e. The summed E-state index contributed by atoms with van der Waals surface area (Å²) in [6.07, 6.45) is -2.21. The van der Waals surface area contributed by atoms with E-state index in [4.69, 9.17) is 4.55 Å². The van der Waals surface area contributed by atoms with Crippen LogP contribution in [0, 0.1) is 11.6 Å². The summed E-state index contributed by atoms with van der Waals surface area (Å²) in [6, 6.07) is 3.03. The molecule has 6 nitrogen and oxygen atoms in total. The summed E-state index contributed by atoms with van der Waals surface area (Å²) < 4.78 is 87.9. The number of alkyl halides is 3. The fourth-order valence-corrected chi connectivity index (χ4v) is 3.30. The largest absolute Gasteiger partial charge is 0.433 e. The second-order valence-electron chi connectivity index (χ2n) is 7.45. The Morgan fingerprint density at radius 1 is 1.18 bits per heavy atom. The van der Waals surface area contributed by atoms with Crippen LogP contribution < -0.4 is 9.62 Å². The summed E-state index contributed by atoms with van der Waals surface area (Å²) in [5.41, 5.74) is -1.19. The van der Waals surface area contributed by atoms with Gasteiger partial charge in [-0.1, -0.05) is 19.9 Å². The van der Waals surface area contributed by atoms with Crippen molar-refractivity contribution in [1.29, 1.82) is 0 Å². The number of anilines is 1. The zero-order valence-corrected chi connectivity index (χ0v) is 18.9. The number of halogens is 5. The highest BCUT2D eigenvalue weighted by Gasteiger charge is 2.33. The van der Waals surface area contributed by atoms with Crippen molar-refractivity contribution in [3.05, 3.63) is 64.5 Å². The maximum absolute atomic E-state index is 14.3. The molecule has 33 heavy (non-hydrogen) atoms. The van der Waals surface area contributed by atoms with Crippen LogP contribution in [0.15, 0.2) is 30.3 Å². The molecular weight excluding hydrogens is 469 g/mol. The standard InChI is InChI=1S/C21H22F5N3O3S/c1-11(2)19-13(5-7-17(28-19)21(24,25)26)6-8-18(30)27-12(3)14-9-15(22)20(16(23)10-14)29(4)33(31)32/h5-12H,1-4H3,(H,27,30)(H,31,32). The molecule has 1 aromatic heterocycles. The van der Waals surface area contributed by atoms with Crippen molar-refractivity contribution in [2.75, 3.05) is 11.4 Å². The second-order valence-corrected chi connectivity index (χ2v) is 8.46. The minimum atomic E-state index is -4.60. The molecule has 0 radical (unpaired) electrons. The van der Waals surface area contributed by atoms with Gasteiger partial charge in [-0.3, -0.25) is 13.7 Å². The number of nitrogens with zero attached hydrogens (tertiary/aromatic N) is 2. The van der Waals surface area contributed by atoms with Crippen molar-refractivity contribution in [3.63, 3.8) is 0 Å². The Bertz CT molecular complexity index is 1070. The van der Waals surface area contributed by atoms with Crippen LogP contribution >= 0.6 is 0 Å². The molecular formula is C21H22F5N3O3S. The van der Waals surface area contributed by atoms with Crippen LogP contribution in [0.2, 0.25) is 0 Å². The Morgan fingerprint density at radius 2 is 1.76 bits per heavy atom. The van der Waals surface area contributed by atoms with Gasteiger partial charge in [0.05, 0.1) is 11.7 Å². The van der Waals surface area contributed by atoms with Crippen LogP contribution in [0.25, 0.3) is 6.08 Å². The first-order valence-electron chi connectivity index (χ1n) is 9.62. The monoisotopic (exact) mass is 491 g/mol. The lowest BCUT2D eigenvalue weighted by atomic mass is 10.0. The normalized spacial score (nSPS) is 13.9. The minimum absolute atomic E-state index is 0.0617. The fraction of sp³-hybridized carbons (Fsp3) is 0.333. The molecule has 1 aromatic carbocycles. The van der Waals surface area contributed by atoms with Gasteiger partial charge in [0.2, 0.25) is 5.91 Å². The topological polar surface area (TPSA) is 82.5 Å². The lowest BCUT2D eigenvalue weighted by Crippen LogP contribution is -2.26. The lowest BCUT2D eigenvalue weighted by molar-refractivity contribution is -0.141. The number of carbonyl (C=O) groups is 1. The molecule has 2 aromatic rings. The number of hydrogen-bond donors (Lipinski definition) is 2. The molecule has 2 unspecified atom stereocenters. The average molecular weight is 491 g/mol. The second kappa shape index (κ2) is 10.4. The predicted octanol–water partition coefficient (Wildman–Crippen LogP) is 4.97. The van der Waals surface area contributed by atoms with Crippen LogP contribution in [0.5, 0.6) is 0 Å². The number of benzene rings is 1. The molecule has 2 N–H and O–H groups in total. The molecule has 0 bridgehead atoms. The maximum Gasteiger partial charge on any atom is 0.433 e. The fourth-order valence-electron chi connectivity index (χ4n) is 2.97. The lowest BCUT2D eigenvalue weighted by Gasteiger charge is -2.19. The number of pyridine rings is 1. The summed E-state index contributed by atoms with van der Waals surface area (Å²) >= 11 is -2.63. The Labute approximate surface area is 189 Å². The first-order chi connectivity index (χ1) is 15.2. The number of aromatic nitrogens is 1. The molecule has 1 heterocycles. The van der Waals surface area contributed by atoms with E-state index < -0.39 is 52.4 Å². The number of carbonyl (C=O) groups excluding carboxylic acids is 1. The van der Waals surface area contributed by atoms with Gasteiger partial charge in [-0.05, 0) is 48.2 Å². The van der Waals surface area contributed by atoms with Crippen molar-refractivity contribution >= 4 is 28.9 Å². The highest BCUT2D eigenvalue weighted by molar-refractivity contribution is 7.80. The maximum atomic E-state index is 14.3. The van der Waals surface area contributed by atoms with E-state index >= 15 is 0 Å². The molecule has 0 saturated heterocycles. The first kappa shape index (κ1) is 26.4. The van der Waals surface area contributed by atoms with Gasteiger partial charge < -0.3 is 5.32 Å². The van der Waals surface area contributed by atoms with E-state index in [-0.39, 0.29) is 17.2 Å². The summed E-state index contributed by atoms with van der Waals surface area (Å²) in [4.78, 5) is 15.9. The van der Waals surface area contributed by atoms with Crippen LogP contribution in [-0.4, -0.2) is 26.7 Å². The van der Waals surface area contributed by atoms with E-state index in [9.17, 15) is 31.0 Å². The smallest absolute Gasteiger partial charge is 0.346 e. The van der Waals surface area contributed by atoms with Gasteiger partial charge >= 0.3 is 6.18 Å². The quantitative estimate of drug-likeness (QED) is 0.326. The number of nitrogens with one attached hydrogen (secondary N) is 1. The summed E-state index contributed by atoms with van der Waals surface area (Å²) in [7, 11) is 1.04. The number of hydrogen-bond acceptors (Lipinski definition) is 3. The summed E-state index contributed by atoms with van der Waals surface area (Å²) in [6.45, 7) is 4.80. The van der Waals surface area contributed by atoms with Crippen LogP contribution in [0.1, 0.15) is 55.2 Å². The third kappa shape index (κ3) is 6.57. The van der Waals surface area contributed by atoms with Gasteiger partial charge in [-0.15, -0.1) is 0 Å². The molecule has 0 aliphatic carbocycles. The average Bonchev–Trinajstić information content (AvgIpc) is 2.70. The SMILES string of the molecule is CC(C)c1nc(C(F)(F)F)ccc1C=CC(=O)NC(C)c1cc(F)c(N(C)S(=O)O)c(F)c1. The molecule has 2 atom stereocenters. The van der Waals surface area contributed by atoms with Crippen molar-refractivity contribution in [2.45, 2.75) is 38.9 Å². The Hall–Kier alpha value is -2.86. The van der Waals surface area contributed by atoms with Crippen molar-refractivity contribution in [2.24, 2.45) is 0 Å². The molecule has 2 rings (SSSR count). The molecule has 0 aliphatic heterocycles. The van der Waals surface area contributed by atoms with Crippen LogP contribution in [0.4, 0.5) is 27.6 Å². The third-order valence-corrected chi connectivity index (χ3v) is 5.31. The first-order valence-corrected chi connectivity index (χ1v) is 10.7. The van der Waals surface area contributed by atoms with Gasteiger partial charge in [0.15, 0.2) is 11.6 Å². The zero-order chi connectivity index (χ0) is 25.1. The molecule has 0 aliphatic rings. The van der Waals surface area contributed by atoms with Gasteiger partial charge in [-0.25, -0.2) is 18.0 Å². The van der Waals surface area contributed by atoms with Gasteiger partial charge in [0.1, 0.15) is 11.4 Å². The van der Waals surface area contributed by atoms with Crippen LogP contribution in [-0.2, 0) is 22.2 Å². The Morgan fingerprint density at radius 3 is 2.24 bits per heavy atom. The van der Waals surface area contributed by atoms with Crippen LogP contribution in [0.3, 0.4) is 0 Å². The summed E-state index contributed by atoms with van der Waals surface area (Å²) in [5.74, 6) is -3.19. The van der Waals surface area contributed by atoms with E-state index in [1.165, 1.54) is 19.1 Å². The van der Waals surface area contributed by atoms with Gasteiger partial charge in [0, 0.05) is 13.1 Å². The molecule has 1 amide bonds. The third-order valence-electron chi connectivity index (χ3n) is 4.66. The highest BCUT2D eigenvalue weighted by Crippen LogP contribution is 2.30. The highest BCUT2D eigenvalue weighted by atomic mass is 32.2. The molecule has 0 fully saturated rings. The molecule has 0 saturated carbocycles.